The number of aliphatic hydroxyl groups is 1. The third-order valence-electron chi connectivity index (χ3n) is 3.30. The molecule has 1 aliphatic rings. The van der Waals surface area contributed by atoms with Crippen LogP contribution in [0.2, 0.25) is 5.02 Å². The van der Waals surface area contributed by atoms with Gasteiger partial charge in [0.05, 0.1) is 28.0 Å². The number of aromatic amines is 1. The molecule has 1 fully saturated rings. The zero-order valence-corrected chi connectivity index (χ0v) is 10.3. The van der Waals surface area contributed by atoms with E-state index in [1.165, 1.54) is 0 Å². The molecule has 1 unspecified atom stereocenters. The first-order valence-corrected chi connectivity index (χ1v) is 6.03. The predicted octanol–water partition coefficient (Wildman–Crippen LogP) is 2.18. The second-order valence-corrected chi connectivity index (χ2v) is 5.34. The summed E-state index contributed by atoms with van der Waals surface area (Å²) in [5, 5.41) is 18.6. The zero-order valence-electron chi connectivity index (χ0n) is 9.57. The molecule has 0 bridgehead atoms. The van der Waals surface area contributed by atoms with Crippen LogP contribution in [0.25, 0.3) is 10.9 Å². The summed E-state index contributed by atoms with van der Waals surface area (Å²) >= 11 is 6.27. The van der Waals surface area contributed by atoms with Crippen molar-refractivity contribution in [2.45, 2.75) is 18.9 Å². The highest BCUT2D eigenvalue weighted by Crippen LogP contribution is 2.34. The molecule has 90 valence electrons. The van der Waals surface area contributed by atoms with Gasteiger partial charge in [0.25, 0.3) is 0 Å². The van der Waals surface area contributed by atoms with Crippen LogP contribution in [0.15, 0.2) is 18.3 Å². The van der Waals surface area contributed by atoms with Gasteiger partial charge in [-0.3, -0.25) is 5.10 Å². The number of hydrogen-bond acceptors (Lipinski definition) is 3. The minimum atomic E-state index is -0.619. The van der Waals surface area contributed by atoms with Gasteiger partial charge in [0.15, 0.2) is 0 Å². The lowest BCUT2D eigenvalue weighted by Crippen LogP contribution is -2.29. The molecule has 1 aromatic carbocycles. The molecule has 1 aliphatic heterocycles. The van der Waals surface area contributed by atoms with Crippen molar-refractivity contribution < 1.29 is 5.11 Å². The Labute approximate surface area is 104 Å². The molecule has 4 nitrogen and oxygen atoms in total. The van der Waals surface area contributed by atoms with Gasteiger partial charge in [-0.05, 0) is 25.5 Å². The second kappa shape index (κ2) is 3.62. The van der Waals surface area contributed by atoms with Crippen LogP contribution in [-0.2, 0) is 0 Å². The first kappa shape index (κ1) is 10.9. The van der Waals surface area contributed by atoms with Crippen molar-refractivity contribution in [3.8, 4) is 0 Å². The van der Waals surface area contributed by atoms with Crippen LogP contribution in [0.1, 0.15) is 13.3 Å². The number of halogens is 1. The summed E-state index contributed by atoms with van der Waals surface area (Å²) in [6.45, 7) is 3.30. The van der Waals surface area contributed by atoms with E-state index in [9.17, 15) is 5.11 Å². The number of fused-ring (bicyclic) bond motifs is 1. The molecule has 1 aromatic heterocycles. The maximum Gasteiger partial charge on any atom is 0.0810 e. The van der Waals surface area contributed by atoms with E-state index in [2.05, 4.69) is 15.1 Å². The number of nitrogens with zero attached hydrogens (tertiary/aromatic N) is 2. The van der Waals surface area contributed by atoms with Crippen LogP contribution in [0.5, 0.6) is 0 Å². The summed E-state index contributed by atoms with van der Waals surface area (Å²) in [5.74, 6) is 0. The summed E-state index contributed by atoms with van der Waals surface area (Å²) < 4.78 is 0. The number of benzene rings is 1. The summed E-state index contributed by atoms with van der Waals surface area (Å²) in [5.41, 5.74) is 1.31. The van der Waals surface area contributed by atoms with Gasteiger partial charge in [0, 0.05) is 18.5 Å². The van der Waals surface area contributed by atoms with Crippen molar-refractivity contribution >= 4 is 28.2 Å². The fourth-order valence-corrected chi connectivity index (χ4v) is 2.64. The van der Waals surface area contributed by atoms with Crippen molar-refractivity contribution in [1.82, 2.24) is 10.2 Å². The lowest BCUT2D eigenvalue weighted by atomic mass is 10.1. The van der Waals surface area contributed by atoms with E-state index < -0.39 is 5.60 Å². The monoisotopic (exact) mass is 251 g/mol. The van der Waals surface area contributed by atoms with Crippen molar-refractivity contribution in [2.24, 2.45) is 0 Å². The number of rotatable bonds is 1. The Bertz CT molecular complexity index is 564. The van der Waals surface area contributed by atoms with E-state index in [-0.39, 0.29) is 0 Å². The lowest BCUT2D eigenvalue weighted by Gasteiger charge is -2.21. The molecule has 2 heterocycles. The largest absolute Gasteiger partial charge is 0.388 e. The highest BCUT2D eigenvalue weighted by atomic mass is 35.5. The van der Waals surface area contributed by atoms with Crippen LogP contribution < -0.4 is 4.90 Å². The highest BCUT2D eigenvalue weighted by molar-refractivity contribution is 6.34. The zero-order chi connectivity index (χ0) is 12.0. The topological polar surface area (TPSA) is 52.1 Å². The minimum Gasteiger partial charge on any atom is -0.388 e. The van der Waals surface area contributed by atoms with Gasteiger partial charge in [-0.2, -0.15) is 5.10 Å². The van der Waals surface area contributed by atoms with Gasteiger partial charge in [0.2, 0.25) is 0 Å². The van der Waals surface area contributed by atoms with Gasteiger partial charge >= 0.3 is 0 Å². The first-order valence-electron chi connectivity index (χ1n) is 5.65. The molecule has 0 aliphatic carbocycles. The van der Waals surface area contributed by atoms with Crippen molar-refractivity contribution in [1.29, 1.82) is 0 Å². The van der Waals surface area contributed by atoms with E-state index in [1.807, 2.05) is 19.1 Å². The second-order valence-electron chi connectivity index (χ2n) is 4.93. The van der Waals surface area contributed by atoms with Crippen LogP contribution >= 0.6 is 11.6 Å². The third kappa shape index (κ3) is 1.87. The van der Waals surface area contributed by atoms with Gasteiger partial charge in [-0.25, -0.2) is 0 Å². The maximum atomic E-state index is 9.99. The van der Waals surface area contributed by atoms with E-state index in [1.54, 1.807) is 6.20 Å². The molecule has 0 saturated carbocycles. The molecule has 5 heteroatoms. The molecule has 1 saturated heterocycles. The smallest absolute Gasteiger partial charge is 0.0810 e. The van der Waals surface area contributed by atoms with Gasteiger partial charge in [-0.1, -0.05) is 11.6 Å². The van der Waals surface area contributed by atoms with Gasteiger partial charge in [-0.15, -0.1) is 0 Å². The normalized spacial score (nSPS) is 24.8. The molecule has 2 aromatic rings. The number of β-amino-alcohol motifs (C(OH)–C–C–N with tert-alkyl or cyclic N) is 1. The fourth-order valence-electron chi connectivity index (χ4n) is 2.35. The Balaban J connectivity index is 2.02. The number of hydrogen-bond donors (Lipinski definition) is 2. The van der Waals surface area contributed by atoms with Gasteiger partial charge in [0.1, 0.15) is 0 Å². The maximum absolute atomic E-state index is 9.99. The van der Waals surface area contributed by atoms with Gasteiger partial charge < -0.3 is 10.0 Å². The summed E-state index contributed by atoms with van der Waals surface area (Å²) in [7, 11) is 0. The third-order valence-corrected chi connectivity index (χ3v) is 3.60. The van der Waals surface area contributed by atoms with Crippen molar-refractivity contribution in [3.63, 3.8) is 0 Å². The number of nitrogens with one attached hydrogen (secondary N) is 1. The Morgan fingerprint density at radius 1 is 1.53 bits per heavy atom. The molecule has 17 heavy (non-hydrogen) atoms. The average molecular weight is 252 g/mol. The number of anilines is 1. The average Bonchev–Trinajstić information content (AvgIpc) is 2.82. The van der Waals surface area contributed by atoms with Crippen LogP contribution in [0.3, 0.4) is 0 Å². The Kier molecular flexibility index (Phi) is 2.31. The fraction of sp³-hybridized carbons (Fsp3) is 0.417. The predicted molar refractivity (Wildman–Crippen MR) is 68.6 cm³/mol. The summed E-state index contributed by atoms with van der Waals surface area (Å²) in [6, 6.07) is 3.90. The van der Waals surface area contributed by atoms with E-state index in [4.69, 9.17) is 11.6 Å². The standard InChI is InChI=1S/C12H14ClN3O/c1-12(17)2-3-16(7-12)11-5-10-8(4-9(11)13)6-14-15-10/h4-6,17H,2-3,7H2,1H3,(H,14,15). The first-order chi connectivity index (χ1) is 8.05. The lowest BCUT2D eigenvalue weighted by molar-refractivity contribution is 0.0839. The molecule has 0 radical (unpaired) electrons. The molecular formula is C12H14ClN3O. The summed E-state index contributed by atoms with van der Waals surface area (Å²) in [6.07, 6.45) is 2.52. The molecule has 0 amide bonds. The molecule has 3 rings (SSSR count). The van der Waals surface area contributed by atoms with E-state index in [0.717, 1.165) is 29.6 Å². The Hall–Kier alpha value is -1.26. The Morgan fingerprint density at radius 2 is 2.35 bits per heavy atom. The summed E-state index contributed by atoms with van der Waals surface area (Å²) in [4.78, 5) is 2.11. The number of aromatic nitrogens is 2. The van der Waals surface area contributed by atoms with Crippen LogP contribution in [0, 0.1) is 0 Å². The highest BCUT2D eigenvalue weighted by Gasteiger charge is 2.32. The Morgan fingerprint density at radius 3 is 3.06 bits per heavy atom. The van der Waals surface area contributed by atoms with Crippen LogP contribution in [0.4, 0.5) is 5.69 Å². The minimum absolute atomic E-state index is 0.617. The molecular weight excluding hydrogens is 238 g/mol. The van der Waals surface area contributed by atoms with Crippen LogP contribution in [-0.4, -0.2) is 34.0 Å². The molecule has 1 atom stereocenters. The van der Waals surface area contributed by atoms with Crippen molar-refractivity contribution in [3.05, 3.63) is 23.4 Å². The number of H-pyrrole nitrogens is 1. The quantitative estimate of drug-likeness (QED) is 0.817. The SMILES string of the molecule is CC1(O)CCN(c2cc3[nH]ncc3cc2Cl)C1. The van der Waals surface area contributed by atoms with E-state index in [0.29, 0.717) is 11.6 Å². The van der Waals surface area contributed by atoms with E-state index >= 15 is 0 Å². The molecule has 2 N–H and O–H groups in total. The molecule has 0 spiro atoms. The van der Waals surface area contributed by atoms with Crippen molar-refractivity contribution in [2.75, 3.05) is 18.0 Å².